The van der Waals surface area contributed by atoms with E-state index in [1.165, 1.54) is 11.8 Å². The second-order valence-electron chi connectivity index (χ2n) is 6.60. The molecule has 1 atom stereocenters. The molecule has 0 N–H and O–H groups in total. The number of halogens is 1. The molecule has 7 nitrogen and oxygen atoms in total. The highest BCUT2D eigenvalue weighted by molar-refractivity contribution is 6.30. The molecule has 0 radical (unpaired) electrons. The number of carbonyl (C=O) groups is 3. The maximum absolute atomic E-state index is 13.0. The number of imide groups is 1. The number of amides is 3. The number of hydrogen-bond acceptors (Lipinski definition) is 5. The fourth-order valence-corrected chi connectivity index (χ4v) is 3.52. The van der Waals surface area contributed by atoms with E-state index in [4.69, 9.17) is 21.1 Å². The van der Waals surface area contributed by atoms with Gasteiger partial charge in [-0.25, -0.2) is 4.90 Å². The van der Waals surface area contributed by atoms with Gasteiger partial charge in [0.15, 0.2) is 11.5 Å². The first kappa shape index (κ1) is 18.3. The fraction of sp³-hybridized carbons (Fsp3) is 0.250. The molecule has 0 spiro atoms. The van der Waals surface area contributed by atoms with E-state index in [1.54, 1.807) is 36.4 Å². The van der Waals surface area contributed by atoms with Gasteiger partial charge < -0.3 is 14.4 Å². The van der Waals surface area contributed by atoms with Crippen LogP contribution in [0.4, 0.5) is 5.69 Å². The predicted molar refractivity (Wildman–Crippen MR) is 101 cm³/mol. The van der Waals surface area contributed by atoms with Crippen molar-refractivity contribution in [3.05, 3.63) is 53.1 Å². The van der Waals surface area contributed by atoms with Crippen molar-refractivity contribution in [2.75, 3.05) is 11.7 Å². The molecule has 0 unspecified atom stereocenters. The predicted octanol–water partition coefficient (Wildman–Crippen LogP) is 2.75. The molecular weight excluding hydrogens is 384 g/mol. The van der Waals surface area contributed by atoms with Crippen LogP contribution < -0.4 is 14.4 Å². The Labute approximate surface area is 166 Å². The van der Waals surface area contributed by atoms with Crippen LogP contribution in [-0.2, 0) is 20.9 Å². The maximum atomic E-state index is 13.0. The Morgan fingerprint density at radius 3 is 2.57 bits per heavy atom. The van der Waals surface area contributed by atoms with Gasteiger partial charge in [-0.3, -0.25) is 14.4 Å². The van der Waals surface area contributed by atoms with Gasteiger partial charge in [-0.1, -0.05) is 17.7 Å². The number of nitrogens with zero attached hydrogens (tertiary/aromatic N) is 2. The highest BCUT2D eigenvalue weighted by Crippen LogP contribution is 2.34. The van der Waals surface area contributed by atoms with Crippen LogP contribution in [0.15, 0.2) is 42.5 Å². The molecule has 2 aromatic rings. The van der Waals surface area contributed by atoms with Crippen LogP contribution in [0.3, 0.4) is 0 Å². The first-order chi connectivity index (χ1) is 13.4. The third-order valence-electron chi connectivity index (χ3n) is 4.78. The SMILES string of the molecule is CC(=O)N(Cc1ccc2c(c1)OCO2)[C@H]1CC(=O)N(c2ccc(Cl)cc2)C1=O. The molecule has 8 heteroatoms. The van der Waals surface area contributed by atoms with E-state index in [0.29, 0.717) is 22.2 Å². The lowest BCUT2D eigenvalue weighted by Crippen LogP contribution is -2.44. The van der Waals surface area contributed by atoms with Crippen molar-refractivity contribution in [1.82, 2.24) is 4.90 Å². The first-order valence-corrected chi connectivity index (χ1v) is 9.10. The third-order valence-corrected chi connectivity index (χ3v) is 5.03. The molecule has 2 heterocycles. The van der Waals surface area contributed by atoms with Crippen LogP contribution in [0.25, 0.3) is 0 Å². The van der Waals surface area contributed by atoms with E-state index >= 15 is 0 Å². The number of carbonyl (C=O) groups excluding carboxylic acids is 3. The molecule has 2 aliphatic rings. The summed E-state index contributed by atoms with van der Waals surface area (Å²) in [4.78, 5) is 40.3. The summed E-state index contributed by atoms with van der Waals surface area (Å²) >= 11 is 5.88. The molecule has 1 saturated heterocycles. The summed E-state index contributed by atoms with van der Waals surface area (Å²) < 4.78 is 10.7. The number of anilines is 1. The zero-order valence-corrected chi connectivity index (χ0v) is 15.8. The molecule has 2 aliphatic heterocycles. The number of hydrogen-bond donors (Lipinski definition) is 0. The van der Waals surface area contributed by atoms with E-state index in [9.17, 15) is 14.4 Å². The number of benzene rings is 2. The zero-order valence-electron chi connectivity index (χ0n) is 15.1. The van der Waals surface area contributed by atoms with Crippen LogP contribution in [-0.4, -0.2) is 35.5 Å². The summed E-state index contributed by atoms with van der Waals surface area (Å²) in [7, 11) is 0. The lowest BCUT2D eigenvalue weighted by atomic mass is 10.1. The highest BCUT2D eigenvalue weighted by atomic mass is 35.5. The number of rotatable bonds is 4. The standard InChI is InChI=1S/C20H17ClN2O5/c1-12(24)22(10-13-2-7-17-18(8-13)28-11-27-17)16-9-19(25)23(20(16)26)15-5-3-14(21)4-6-15/h2-8,16H,9-11H2,1H3/t16-/m0/s1. The van der Waals surface area contributed by atoms with Crippen molar-refractivity contribution in [3.8, 4) is 11.5 Å². The lowest BCUT2D eigenvalue weighted by Gasteiger charge is -2.26. The smallest absolute Gasteiger partial charge is 0.257 e. The van der Waals surface area contributed by atoms with E-state index in [-0.39, 0.29) is 31.6 Å². The number of ether oxygens (including phenoxy) is 2. The molecule has 3 amide bonds. The molecule has 0 aromatic heterocycles. The van der Waals surface area contributed by atoms with E-state index < -0.39 is 11.9 Å². The molecule has 4 rings (SSSR count). The minimum Gasteiger partial charge on any atom is -0.454 e. The summed E-state index contributed by atoms with van der Waals surface area (Å²) in [6.45, 7) is 1.72. The van der Waals surface area contributed by atoms with Crippen LogP contribution in [0, 0.1) is 0 Å². The Hall–Kier alpha value is -3.06. The summed E-state index contributed by atoms with van der Waals surface area (Å²) in [5, 5.41) is 0.507. The summed E-state index contributed by atoms with van der Waals surface area (Å²) in [6, 6.07) is 10.9. The van der Waals surface area contributed by atoms with Gasteiger partial charge >= 0.3 is 0 Å². The molecule has 0 aliphatic carbocycles. The van der Waals surface area contributed by atoms with Crippen LogP contribution in [0.2, 0.25) is 5.02 Å². The fourth-order valence-electron chi connectivity index (χ4n) is 3.40. The molecule has 28 heavy (non-hydrogen) atoms. The maximum Gasteiger partial charge on any atom is 0.257 e. The van der Waals surface area contributed by atoms with Crippen molar-refractivity contribution >= 4 is 35.0 Å². The van der Waals surface area contributed by atoms with Crippen LogP contribution in [0.1, 0.15) is 18.9 Å². The van der Waals surface area contributed by atoms with Gasteiger partial charge in [0.1, 0.15) is 6.04 Å². The molecule has 1 fully saturated rings. The largest absolute Gasteiger partial charge is 0.454 e. The van der Waals surface area contributed by atoms with Gasteiger partial charge in [0, 0.05) is 18.5 Å². The second-order valence-corrected chi connectivity index (χ2v) is 7.03. The van der Waals surface area contributed by atoms with Crippen molar-refractivity contribution in [3.63, 3.8) is 0 Å². The average Bonchev–Trinajstić information content (AvgIpc) is 3.24. The van der Waals surface area contributed by atoms with Crippen molar-refractivity contribution in [2.45, 2.75) is 25.9 Å². The first-order valence-electron chi connectivity index (χ1n) is 8.72. The Morgan fingerprint density at radius 2 is 1.86 bits per heavy atom. The highest BCUT2D eigenvalue weighted by Gasteiger charge is 2.43. The third kappa shape index (κ3) is 3.29. The van der Waals surface area contributed by atoms with E-state index in [2.05, 4.69) is 0 Å². The van der Waals surface area contributed by atoms with Gasteiger partial charge in [-0.2, -0.15) is 0 Å². The van der Waals surface area contributed by atoms with Gasteiger partial charge in [-0.15, -0.1) is 0 Å². The quantitative estimate of drug-likeness (QED) is 0.737. The Morgan fingerprint density at radius 1 is 1.14 bits per heavy atom. The Kier molecular flexibility index (Phi) is 4.68. The summed E-state index contributed by atoms with van der Waals surface area (Å²) in [6.07, 6.45) is -0.0639. The van der Waals surface area contributed by atoms with Gasteiger partial charge in [0.05, 0.1) is 12.1 Å². The molecular formula is C20H17ClN2O5. The summed E-state index contributed by atoms with van der Waals surface area (Å²) in [5.74, 6) is 0.163. The second kappa shape index (κ2) is 7.16. The molecule has 0 saturated carbocycles. The van der Waals surface area contributed by atoms with Crippen molar-refractivity contribution < 1.29 is 23.9 Å². The molecule has 144 valence electrons. The van der Waals surface area contributed by atoms with Crippen LogP contribution in [0.5, 0.6) is 11.5 Å². The minimum atomic E-state index is -0.855. The van der Waals surface area contributed by atoms with Gasteiger partial charge in [0.25, 0.3) is 5.91 Å². The van der Waals surface area contributed by atoms with Crippen LogP contribution >= 0.6 is 11.6 Å². The van der Waals surface area contributed by atoms with Crippen molar-refractivity contribution in [1.29, 1.82) is 0 Å². The van der Waals surface area contributed by atoms with Crippen molar-refractivity contribution in [2.24, 2.45) is 0 Å². The lowest BCUT2D eigenvalue weighted by molar-refractivity contribution is -0.137. The average molecular weight is 401 g/mol. The normalized spacial score (nSPS) is 17.9. The topological polar surface area (TPSA) is 76.2 Å². The van der Waals surface area contributed by atoms with E-state index in [1.807, 2.05) is 6.07 Å². The minimum absolute atomic E-state index is 0.0639. The molecule has 0 bridgehead atoms. The Bertz CT molecular complexity index is 960. The van der Waals surface area contributed by atoms with Gasteiger partial charge in [0.2, 0.25) is 18.6 Å². The van der Waals surface area contributed by atoms with Gasteiger partial charge in [-0.05, 0) is 42.0 Å². The summed E-state index contributed by atoms with van der Waals surface area (Å²) in [5.41, 5.74) is 1.22. The number of fused-ring (bicyclic) bond motifs is 1. The zero-order chi connectivity index (χ0) is 19.8. The Balaban J connectivity index is 1.58. The van der Waals surface area contributed by atoms with E-state index in [0.717, 1.165) is 10.5 Å². The monoisotopic (exact) mass is 400 g/mol. The molecule has 2 aromatic carbocycles.